The average Bonchev–Trinajstić information content (AvgIpc) is 2.48. The van der Waals surface area contributed by atoms with Crippen molar-refractivity contribution in [3.05, 3.63) is 17.5 Å². The summed E-state index contributed by atoms with van der Waals surface area (Å²) in [4.78, 5) is 10.8. The van der Waals surface area contributed by atoms with Gasteiger partial charge in [0.05, 0.1) is 5.92 Å². The van der Waals surface area contributed by atoms with Crippen molar-refractivity contribution >= 4 is 5.97 Å². The maximum absolute atomic E-state index is 12.5. The van der Waals surface area contributed by atoms with Gasteiger partial charge in [0.2, 0.25) is 0 Å². The SMILES string of the molecule is CCC(C(=O)O)c1cn(C)nc1C(F)F. The highest BCUT2D eigenvalue weighted by Crippen LogP contribution is 2.29. The summed E-state index contributed by atoms with van der Waals surface area (Å²) in [5.74, 6) is -2.02. The van der Waals surface area contributed by atoms with Crippen LogP contribution in [0.3, 0.4) is 0 Å². The largest absolute Gasteiger partial charge is 0.481 e. The molecule has 0 amide bonds. The Labute approximate surface area is 85.5 Å². The fourth-order valence-electron chi connectivity index (χ4n) is 1.49. The molecule has 0 aromatic carbocycles. The van der Waals surface area contributed by atoms with Gasteiger partial charge in [0.1, 0.15) is 5.69 Å². The summed E-state index contributed by atoms with van der Waals surface area (Å²) in [5.41, 5.74) is -0.339. The fraction of sp³-hybridized carbons (Fsp3) is 0.556. The number of alkyl halides is 2. The minimum Gasteiger partial charge on any atom is -0.481 e. The summed E-state index contributed by atoms with van der Waals surface area (Å²) in [5, 5.41) is 12.4. The fourth-order valence-corrected chi connectivity index (χ4v) is 1.49. The highest BCUT2D eigenvalue weighted by atomic mass is 19.3. The first-order valence-electron chi connectivity index (χ1n) is 4.51. The van der Waals surface area contributed by atoms with E-state index >= 15 is 0 Å². The molecule has 6 heteroatoms. The first-order chi connectivity index (χ1) is 6.97. The molecule has 84 valence electrons. The molecule has 0 saturated carbocycles. The predicted octanol–water partition coefficient (Wildman–Crippen LogP) is 1.94. The van der Waals surface area contributed by atoms with Crippen molar-refractivity contribution in [3.8, 4) is 0 Å². The molecule has 4 nitrogen and oxygen atoms in total. The van der Waals surface area contributed by atoms with Crippen molar-refractivity contribution in [1.29, 1.82) is 0 Å². The molecule has 1 rings (SSSR count). The molecule has 1 atom stereocenters. The first-order valence-corrected chi connectivity index (χ1v) is 4.51. The number of carboxylic acids is 1. The lowest BCUT2D eigenvalue weighted by molar-refractivity contribution is -0.138. The van der Waals surface area contributed by atoms with E-state index in [9.17, 15) is 13.6 Å². The van der Waals surface area contributed by atoms with E-state index < -0.39 is 24.0 Å². The van der Waals surface area contributed by atoms with E-state index in [4.69, 9.17) is 5.11 Å². The zero-order chi connectivity index (χ0) is 11.6. The van der Waals surface area contributed by atoms with Gasteiger partial charge in [-0.15, -0.1) is 0 Å². The van der Waals surface area contributed by atoms with Crippen molar-refractivity contribution in [1.82, 2.24) is 9.78 Å². The van der Waals surface area contributed by atoms with Gasteiger partial charge in [-0.05, 0) is 6.42 Å². The summed E-state index contributed by atoms with van der Waals surface area (Å²) >= 11 is 0. The third-order valence-electron chi connectivity index (χ3n) is 2.18. The number of hydrogen-bond acceptors (Lipinski definition) is 2. The lowest BCUT2D eigenvalue weighted by Crippen LogP contribution is -2.11. The highest BCUT2D eigenvalue weighted by Gasteiger charge is 2.27. The Hall–Kier alpha value is -1.46. The molecule has 1 heterocycles. The van der Waals surface area contributed by atoms with Crippen LogP contribution >= 0.6 is 0 Å². The third kappa shape index (κ3) is 2.31. The van der Waals surface area contributed by atoms with E-state index in [1.54, 1.807) is 6.92 Å². The minimum atomic E-state index is -2.74. The number of carbonyl (C=O) groups is 1. The van der Waals surface area contributed by atoms with Crippen LogP contribution in [0.25, 0.3) is 0 Å². The molecule has 0 radical (unpaired) electrons. The van der Waals surface area contributed by atoms with Crippen LogP contribution in [0, 0.1) is 0 Å². The van der Waals surface area contributed by atoms with Gasteiger partial charge in [-0.25, -0.2) is 8.78 Å². The van der Waals surface area contributed by atoms with Crippen LogP contribution in [0.2, 0.25) is 0 Å². The molecule has 0 aliphatic carbocycles. The standard InChI is InChI=1S/C9H12F2N2O2/c1-3-5(9(14)15)6-4-13(2)12-7(6)8(10)11/h4-5,8H,3H2,1-2H3,(H,14,15). The number of aliphatic carboxylic acids is 1. The topological polar surface area (TPSA) is 55.1 Å². The van der Waals surface area contributed by atoms with Gasteiger partial charge in [-0.2, -0.15) is 5.10 Å². The van der Waals surface area contributed by atoms with Gasteiger partial charge in [0.25, 0.3) is 6.43 Å². The van der Waals surface area contributed by atoms with Crippen LogP contribution in [0.1, 0.15) is 36.9 Å². The number of nitrogens with zero attached hydrogens (tertiary/aromatic N) is 2. The Kier molecular flexibility index (Phi) is 3.39. The van der Waals surface area contributed by atoms with Crippen LogP contribution in [0.4, 0.5) is 8.78 Å². The summed E-state index contributed by atoms with van der Waals surface area (Å²) in [7, 11) is 1.49. The van der Waals surface area contributed by atoms with Gasteiger partial charge in [0.15, 0.2) is 0 Å². The lowest BCUT2D eigenvalue weighted by Gasteiger charge is -2.08. The molecule has 15 heavy (non-hydrogen) atoms. The van der Waals surface area contributed by atoms with E-state index in [0.717, 1.165) is 0 Å². The number of aromatic nitrogens is 2. The molecule has 0 saturated heterocycles. The van der Waals surface area contributed by atoms with E-state index in [2.05, 4.69) is 5.10 Å². The number of hydrogen-bond donors (Lipinski definition) is 1. The quantitative estimate of drug-likeness (QED) is 0.840. The monoisotopic (exact) mass is 218 g/mol. The molecule has 0 aliphatic rings. The van der Waals surface area contributed by atoms with Crippen molar-refractivity contribution in [2.75, 3.05) is 0 Å². The molecule has 1 aromatic heterocycles. The zero-order valence-corrected chi connectivity index (χ0v) is 8.44. The van der Waals surface area contributed by atoms with Crippen LogP contribution in [-0.4, -0.2) is 20.9 Å². The summed E-state index contributed by atoms with van der Waals surface area (Å²) in [6, 6.07) is 0. The summed E-state index contributed by atoms with van der Waals surface area (Å²) in [6.45, 7) is 1.64. The molecule has 0 fully saturated rings. The molecule has 0 spiro atoms. The van der Waals surface area contributed by atoms with E-state index in [1.807, 2.05) is 0 Å². The van der Waals surface area contributed by atoms with Crippen LogP contribution in [0.5, 0.6) is 0 Å². The van der Waals surface area contributed by atoms with E-state index in [0.29, 0.717) is 0 Å². The zero-order valence-electron chi connectivity index (χ0n) is 8.44. The first kappa shape index (κ1) is 11.6. The van der Waals surface area contributed by atoms with Gasteiger partial charge in [0, 0.05) is 18.8 Å². The van der Waals surface area contributed by atoms with Gasteiger partial charge in [-0.3, -0.25) is 9.48 Å². The molecule has 0 bridgehead atoms. The van der Waals surface area contributed by atoms with E-state index in [-0.39, 0.29) is 12.0 Å². The van der Waals surface area contributed by atoms with Gasteiger partial charge in [-0.1, -0.05) is 6.92 Å². The average molecular weight is 218 g/mol. The molecule has 0 aliphatic heterocycles. The Morgan fingerprint density at radius 2 is 2.27 bits per heavy atom. The third-order valence-corrected chi connectivity index (χ3v) is 2.18. The van der Waals surface area contributed by atoms with Crippen LogP contribution < -0.4 is 0 Å². The predicted molar refractivity (Wildman–Crippen MR) is 48.8 cm³/mol. The second kappa shape index (κ2) is 4.37. The summed E-state index contributed by atoms with van der Waals surface area (Å²) < 4.78 is 26.3. The van der Waals surface area contributed by atoms with Crippen molar-refractivity contribution in [3.63, 3.8) is 0 Å². The molecular formula is C9H12F2N2O2. The highest BCUT2D eigenvalue weighted by molar-refractivity contribution is 5.76. The molecule has 1 unspecified atom stereocenters. The van der Waals surface area contributed by atoms with Gasteiger partial charge >= 0.3 is 5.97 Å². The van der Waals surface area contributed by atoms with E-state index in [1.165, 1.54) is 17.9 Å². The van der Waals surface area contributed by atoms with Crippen LogP contribution in [-0.2, 0) is 11.8 Å². The summed E-state index contributed by atoms with van der Waals surface area (Å²) in [6.07, 6.45) is -1.14. The second-order valence-electron chi connectivity index (χ2n) is 3.24. The lowest BCUT2D eigenvalue weighted by atomic mass is 9.97. The number of halogens is 2. The molecular weight excluding hydrogens is 206 g/mol. The Balaban J connectivity index is 3.16. The Bertz CT molecular complexity index is 363. The van der Waals surface area contributed by atoms with Crippen molar-refractivity contribution in [2.24, 2.45) is 7.05 Å². The molecule has 1 aromatic rings. The Morgan fingerprint density at radius 1 is 1.67 bits per heavy atom. The second-order valence-corrected chi connectivity index (χ2v) is 3.24. The number of aryl methyl sites for hydroxylation is 1. The smallest absolute Gasteiger partial charge is 0.311 e. The number of carboxylic acid groups (broad SMARTS) is 1. The van der Waals surface area contributed by atoms with Crippen LogP contribution in [0.15, 0.2) is 6.20 Å². The Morgan fingerprint density at radius 3 is 2.67 bits per heavy atom. The maximum atomic E-state index is 12.5. The minimum absolute atomic E-state index is 0.0995. The van der Waals surface area contributed by atoms with Crippen molar-refractivity contribution in [2.45, 2.75) is 25.7 Å². The van der Waals surface area contributed by atoms with Gasteiger partial charge < -0.3 is 5.11 Å². The van der Waals surface area contributed by atoms with Crippen molar-refractivity contribution < 1.29 is 18.7 Å². The molecule has 1 N–H and O–H groups in total. The number of rotatable bonds is 4. The maximum Gasteiger partial charge on any atom is 0.311 e. The normalized spacial score (nSPS) is 13.1.